The van der Waals surface area contributed by atoms with Gasteiger partial charge < -0.3 is 5.32 Å². The minimum absolute atomic E-state index is 0.453. The topological polar surface area (TPSA) is 12.0 Å². The van der Waals surface area contributed by atoms with Crippen LogP contribution in [0.4, 0.5) is 0 Å². The predicted molar refractivity (Wildman–Crippen MR) is 76.6 cm³/mol. The molecule has 0 radical (unpaired) electrons. The van der Waals surface area contributed by atoms with E-state index in [0.29, 0.717) is 6.04 Å². The first-order valence-corrected chi connectivity index (χ1v) is 7.87. The summed E-state index contributed by atoms with van der Waals surface area (Å²) in [7, 11) is 0. The average molecular weight is 304 g/mol. The molecule has 17 heavy (non-hydrogen) atoms. The van der Waals surface area contributed by atoms with Gasteiger partial charge in [-0.15, -0.1) is 22.7 Å². The fourth-order valence-electron chi connectivity index (χ4n) is 2.21. The van der Waals surface area contributed by atoms with Crippen molar-refractivity contribution in [3.05, 3.63) is 42.2 Å². The van der Waals surface area contributed by atoms with Crippen LogP contribution in [-0.2, 0) is 13.0 Å². The molecule has 2 aromatic heterocycles. The van der Waals surface area contributed by atoms with E-state index in [2.05, 4.69) is 17.4 Å². The SMILES string of the molecule is Clc1ccc(CNC2CCc3sc(Cl)cc32)s1. The summed E-state index contributed by atoms with van der Waals surface area (Å²) in [6.07, 6.45) is 2.33. The summed E-state index contributed by atoms with van der Waals surface area (Å²) >= 11 is 15.3. The van der Waals surface area contributed by atoms with Gasteiger partial charge in [-0.05, 0) is 36.6 Å². The molecule has 0 amide bonds. The molecule has 3 rings (SSSR count). The van der Waals surface area contributed by atoms with Crippen LogP contribution in [0.3, 0.4) is 0 Å². The number of hydrogen-bond donors (Lipinski definition) is 1. The molecule has 90 valence electrons. The van der Waals surface area contributed by atoms with E-state index >= 15 is 0 Å². The van der Waals surface area contributed by atoms with Gasteiger partial charge in [-0.1, -0.05) is 23.2 Å². The van der Waals surface area contributed by atoms with E-state index in [4.69, 9.17) is 23.2 Å². The Kier molecular flexibility index (Phi) is 3.46. The zero-order valence-electron chi connectivity index (χ0n) is 9.00. The van der Waals surface area contributed by atoms with Gasteiger partial charge in [-0.2, -0.15) is 0 Å². The van der Waals surface area contributed by atoms with E-state index in [1.54, 1.807) is 22.7 Å². The van der Waals surface area contributed by atoms with Gasteiger partial charge in [-0.25, -0.2) is 0 Å². The first-order chi connectivity index (χ1) is 8.22. The minimum atomic E-state index is 0.453. The van der Waals surface area contributed by atoms with Gasteiger partial charge in [0.05, 0.1) is 8.67 Å². The third-order valence-corrected chi connectivity index (χ3v) is 5.57. The highest BCUT2D eigenvalue weighted by atomic mass is 35.5. The molecule has 1 atom stereocenters. The Morgan fingerprint density at radius 3 is 2.88 bits per heavy atom. The van der Waals surface area contributed by atoms with Gasteiger partial charge in [0.1, 0.15) is 0 Å². The Morgan fingerprint density at radius 2 is 2.12 bits per heavy atom. The molecule has 0 aromatic carbocycles. The summed E-state index contributed by atoms with van der Waals surface area (Å²) in [4.78, 5) is 2.72. The van der Waals surface area contributed by atoms with Crippen molar-refractivity contribution in [1.29, 1.82) is 0 Å². The van der Waals surface area contributed by atoms with Gasteiger partial charge in [-0.3, -0.25) is 0 Å². The number of aryl methyl sites for hydroxylation is 1. The van der Waals surface area contributed by atoms with Crippen molar-refractivity contribution in [2.45, 2.75) is 25.4 Å². The van der Waals surface area contributed by atoms with Crippen LogP contribution >= 0.6 is 45.9 Å². The molecule has 1 aliphatic rings. The number of rotatable bonds is 3. The van der Waals surface area contributed by atoms with Crippen LogP contribution < -0.4 is 5.32 Å². The van der Waals surface area contributed by atoms with Crippen LogP contribution in [0.25, 0.3) is 0 Å². The molecule has 0 bridgehead atoms. The van der Waals surface area contributed by atoms with Crippen molar-refractivity contribution in [2.75, 3.05) is 0 Å². The van der Waals surface area contributed by atoms with Crippen LogP contribution in [0.5, 0.6) is 0 Å². The van der Waals surface area contributed by atoms with Crippen molar-refractivity contribution < 1.29 is 0 Å². The van der Waals surface area contributed by atoms with Crippen molar-refractivity contribution in [2.24, 2.45) is 0 Å². The molecule has 1 nitrogen and oxygen atoms in total. The maximum Gasteiger partial charge on any atom is 0.0934 e. The van der Waals surface area contributed by atoms with Crippen LogP contribution in [0.1, 0.15) is 27.8 Å². The highest BCUT2D eigenvalue weighted by Crippen LogP contribution is 2.39. The molecule has 0 saturated carbocycles. The van der Waals surface area contributed by atoms with Crippen LogP contribution in [0.2, 0.25) is 8.67 Å². The first kappa shape index (κ1) is 12.0. The molecule has 0 spiro atoms. The van der Waals surface area contributed by atoms with E-state index in [0.717, 1.165) is 21.6 Å². The molecule has 1 aliphatic carbocycles. The number of fused-ring (bicyclic) bond motifs is 1. The van der Waals surface area contributed by atoms with Crippen molar-refractivity contribution in [1.82, 2.24) is 5.32 Å². The lowest BCUT2D eigenvalue weighted by Crippen LogP contribution is -2.17. The summed E-state index contributed by atoms with van der Waals surface area (Å²) in [5.41, 5.74) is 1.39. The van der Waals surface area contributed by atoms with E-state index in [9.17, 15) is 0 Å². The molecular weight excluding hydrogens is 293 g/mol. The van der Waals surface area contributed by atoms with Gasteiger partial charge in [0, 0.05) is 22.3 Å². The standard InChI is InChI=1S/C12H11Cl2NS2/c13-11-4-1-7(16-11)6-15-9-2-3-10-8(9)5-12(14)17-10/h1,4-5,9,15H,2-3,6H2. The number of hydrogen-bond acceptors (Lipinski definition) is 3. The summed E-state index contributed by atoms with van der Waals surface area (Å²) in [6, 6.07) is 6.59. The number of nitrogens with one attached hydrogen (secondary N) is 1. The molecule has 0 saturated heterocycles. The van der Waals surface area contributed by atoms with E-state index < -0.39 is 0 Å². The van der Waals surface area contributed by atoms with E-state index in [1.807, 2.05) is 6.07 Å². The Labute approximate surface area is 118 Å². The Balaban J connectivity index is 1.67. The zero-order chi connectivity index (χ0) is 11.8. The zero-order valence-corrected chi connectivity index (χ0v) is 12.1. The lowest BCUT2D eigenvalue weighted by Gasteiger charge is -2.11. The Bertz CT molecular complexity index is 532. The second-order valence-electron chi connectivity index (χ2n) is 4.11. The maximum atomic E-state index is 6.04. The second-order valence-corrected chi connectivity index (χ2v) is 7.67. The van der Waals surface area contributed by atoms with E-state index in [1.165, 1.54) is 21.7 Å². The highest BCUT2D eigenvalue weighted by molar-refractivity contribution is 7.16. The van der Waals surface area contributed by atoms with Gasteiger partial charge in [0.2, 0.25) is 0 Å². The predicted octanol–water partition coefficient (Wildman–Crippen LogP) is 4.89. The molecule has 0 aliphatic heterocycles. The monoisotopic (exact) mass is 303 g/mol. The summed E-state index contributed by atoms with van der Waals surface area (Å²) in [5, 5.41) is 3.58. The molecule has 2 aromatic rings. The van der Waals surface area contributed by atoms with Crippen LogP contribution in [0.15, 0.2) is 18.2 Å². The van der Waals surface area contributed by atoms with E-state index in [-0.39, 0.29) is 0 Å². The normalized spacial score (nSPS) is 18.6. The summed E-state index contributed by atoms with van der Waals surface area (Å²) in [6.45, 7) is 0.884. The van der Waals surface area contributed by atoms with Crippen molar-refractivity contribution in [3.8, 4) is 0 Å². The van der Waals surface area contributed by atoms with Gasteiger partial charge >= 0.3 is 0 Å². The highest BCUT2D eigenvalue weighted by Gasteiger charge is 2.24. The summed E-state index contributed by atoms with van der Waals surface area (Å²) < 4.78 is 1.76. The largest absolute Gasteiger partial charge is 0.305 e. The van der Waals surface area contributed by atoms with Crippen LogP contribution in [0, 0.1) is 0 Å². The van der Waals surface area contributed by atoms with Gasteiger partial charge in [0.25, 0.3) is 0 Å². The first-order valence-electron chi connectivity index (χ1n) is 5.48. The van der Waals surface area contributed by atoms with Crippen LogP contribution in [-0.4, -0.2) is 0 Å². The minimum Gasteiger partial charge on any atom is -0.305 e. The Morgan fingerprint density at radius 1 is 1.24 bits per heavy atom. The fourth-order valence-corrected chi connectivity index (χ4v) is 4.61. The molecule has 5 heteroatoms. The lowest BCUT2D eigenvalue weighted by atomic mass is 10.2. The Hall–Kier alpha value is -0.0600. The smallest absolute Gasteiger partial charge is 0.0934 e. The molecular formula is C12H11Cl2NS2. The second kappa shape index (κ2) is 4.90. The van der Waals surface area contributed by atoms with Gasteiger partial charge in [0.15, 0.2) is 0 Å². The lowest BCUT2D eigenvalue weighted by molar-refractivity contribution is 0.533. The van der Waals surface area contributed by atoms with Crippen molar-refractivity contribution >= 4 is 45.9 Å². The third kappa shape index (κ3) is 2.54. The molecule has 1 unspecified atom stereocenters. The summed E-state index contributed by atoms with van der Waals surface area (Å²) in [5.74, 6) is 0. The molecule has 0 fully saturated rings. The fraction of sp³-hybridized carbons (Fsp3) is 0.333. The quantitative estimate of drug-likeness (QED) is 0.851. The third-order valence-electron chi connectivity index (χ3n) is 3.00. The molecule has 2 heterocycles. The molecule has 1 N–H and O–H groups in total. The average Bonchev–Trinajstić information content (AvgIpc) is 2.92. The maximum absolute atomic E-state index is 6.04. The number of halogens is 2. The number of thiophene rings is 2. The van der Waals surface area contributed by atoms with Crippen molar-refractivity contribution in [3.63, 3.8) is 0 Å².